The average molecular weight is 238 g/mol. The van der Waals surface area contributed by atoms with Gasteiger partial charge in [-0.25, -0.2) is 4.98 Å². The van der Waals surface area contributed by atoms with E-state index in [9.17, 15) is 4.79 Å². The zero-order chi connectivity index (χ0) is 11.4. The number of thiazole rings is 1. The monoisotopic (exact) mass is 238 g/mol. The molecular weight excluding hydrogens is 228 g/mol. The first-order valence-electron chi connectivity index (χ1n) is 4.60. The van der Waals surface area contributed by atoms with Crippen LogP contribution in [-0.2, 0) is 17.8 Å². The van der Waals surface area contributed by atoms with E-state index in [1.807, 2.05) is 0 Å². The van der Waals surface area contributed by atoms with E-state index in [1.165, 1.54) is 17.5 Å². The second-order valence-electron chi connectivity index (χ2n) is 3.11. The topological polar surface area (TPSA) is 94.0 Å². The van der Waals surface area contributed by atoms with Crippen molar-refractivity contribution >= 4 is 22.4 Å². The molecule has 0 aliphatic carbocycles. The lowest BCUT2D eigenvalue weighted by atomic mass is 10.3. The predicted octanol–water partition coefficient (Wildman–Crippen LogP) is 0.572. The lowest BCUT2D eigenvalue weighted by molar-refractivity contribution is -0.120. The second kappa shape index (κ2) is 4.75. The van der Waals surface area contributed by atoms with Crippen molar-refractivity contribution in [3.8, 4) is 0 Å². The van der Waals surface area contributed by atoms with Gasteiger partial charge in [0, 0.05) is 11.4 Å². The SMILES string of the molecule is Nc1nc(CC(=O)NCc2ccno2)cs1. The van der Waals surface area contributed by atoms with E-state index in [4.69, 9.17) is 10.3 Å². The Kier molecular flexibility index (Phi) is 3.16. The van der Waals surface area contributed by atoms with E-state index < -0.39 is 0 Å². The second-order valence-corrected chi connectivity index (χ2v) is 4.00. The summed E-state index contributed by atoms with van der Waals surface area (Å²) in [5.74, 6) is 0.493. The van der Waals surface area contributed by atoms with E-state index in [1.54, 1.807) is 11.4 Å². The highest BCUT2D eigenvalue weighted by Crippen LogP contribution is 2.11. The van der Waals surface area contributed by atoms with Crippen LogP contribution < -0.4 is 11.1 Å². The van der Waals surface area contributed by atoms with Crippen molar-refractivity contribution in [2.24, 2.45) is 0 Å². The molecule has 0 fully saturated rings. The van der Waals surface area contributed by atoms with E-state index >= 15 is 0 Å². The molecule has 6 nitrogen and oxygen atoms in total. The van der Waals surface area contributed by atoms with Gasteiger partial charge in [0.15, 0.2) is 10.9 Å². The van der Waals surface area contributed by atoms with Crippen molar-refractivity contribution in [1.82, 2.24) is 15.5 Å². The molecule has 84 valence electrons. The Bertz CT molecular complexity index is 466. The van der Waals surface area contributed by atoms with Crippen LogP contribution in [0.15, 0.2) is 22.2 Å². The van der Waals surface area contributed by atoms with Crippen molar-refractivity contribution < 1.29 is 9.32 Å². The largest absolute Gasteiger partial charge is 0.375 e. The summed E-state index contributed by atoms with van der Waals surface area (Å²) in [6.45, 7) is 0.332. The average Bonchev–Trinajstić information content (AvgIpc) is 2.87. The minimum atomic E-state index is -0.123. The molecule has 0 aliphatic heterocycles. The quantitative estimate of drug-likeness (QED) is 0.812. The third-order valence-corrected chi connectivity index (χ3v) is 2.58. The number of nitrogens with zero attached hydrogens (tertiary/aromatic N) is 2. The maximum Gasteiger partial charge on any atom is 0.226 e. The molecule has 0 aromatic carbocycles. The fourth-order valence-electron chi connectivity index (χ4n) is 1.15. The molecule has 0 saturated carbocycles. The minimum absolute atomic E-state index is 0.123. The van der Waals surface area contributed by atoms with Gasteiger partial charge in [0.25, 0.3) is 0 Å². The molecule has 1 amide bonds. The van der Waals surface area contributed by atoms with Crippen molar-refractivity contribution in [3.63, 3.8) is 0 Å². The van der Waals surface area contributed by atoms with Gasteiger partial charge < -0.3 is 15.6 Å². The lowest BCUT2D eigenvalue weighted by Crippen LogP contribution is -2.24. The van der Waals surface area contributed by atoms with Crippen molar-refractivity contribution in [3.05, 3.63) is 29.1 Å². The molecule has 2 heterocycles. The van der Waals surface area contributed by atoms with Crippen LogP contribution in [0.4, 0.5) is 5.13 Å². The van der Waals surface area contributed by atoms with Gasteiger partial charge in [-0.1, -0.05) is 5.16 Å². The van der Waals surface area contributed by atoms with Gasteiger partial charge in [0.2, 0.25) is 5.91 Å². The van der Waals surface area contributed by atoms with Gasteiger partial charge in [-0.15, -0.1) is 11.3 Å². The Morgan fingerprint density at radius 1 is 1.62 bits per heavy atom. The first-order chi connectivity index (χ1) is 7.74. The molecule has 0 radical (unpaired) electrons. The Hall–Kier alpha value is -1.89. The van der Waals surface area contributed by atoms with Crippen LogP contribution in [0.3, 0.4) is 0 Å². The van der Waals surface area contributed by atoms with E-state index in [0.29, 0.717) is 23.1 Å². The summed E-state index contributed by atoms with van der Waals surface area (Å²) in [7, 11) is 0. The number of carbonyl (C=O) groups is 1. The number of rotatable bonds is 4. The zero-order valence-electron chi connectivity index (χ0n) is 8.34. The first kappa shape index (κ1) is 10.6. The van der Waals surface area contributed by atoms with Crippen molar-refractivity contribution in [2.75, 3.05) is 5.73 Å². The Balaban J connectivity index is 1.81. The molecule has 2 aromatic rings. The van der Waals surface area contributed by atoms with Gasteiger partial charge in [-0.05, 0) is 0 Å². The highest BCUT2D eigenvalue weighted by atomic mass is 32.1. The number of hydrogen-bond acceptors (Lipinski definition) is 6. The normalized spacial score (nSPS) is 10.2. The van der Waals surface area contributed by atoms with Gasteiger partial charge in [-0.3, -0.25) is 4.79 Å². The summed E-state index contributed by atoms with van der Waals surface area (Å²) in [6, 6.07) is 1.70. The Morgan fingerprint density at radius 2 is 2.50 bits per heavy atom. The number of nitrogens with one attached hydrogen (secondary N) is 1. The van der Waals surface area contributed by atoms with Crippen LogP contribution in [0.2, 0.25) is 0 Å². The smallest absolute Gasteiger partial charge is 0.226 e. The fraction of sp³-hybridized carbons (Fsp3) is 0.222. The van der Waals surface area contributed by atoms with Gasteiger partial charge in [-0.2, -0.15) is 0 Å². The maximum absolute atomic E-state index is 11.5. The van der Waals surface area contributed by atoms with E-state index in [0.717, 1.165) is 0 Å². The van der Waals surface area contributed by atoms with Crippen LogP contribution >= 0.6 is 11.3 Å². The molecule has 0 bridgehead atoms. The number of amides is 1. The van der Waals surface area contributed by atoms with Crippen molar-refractivity contribution in [2.45, 2.75) is 13.0 Å². The molecule has 2 rings (SSSR count). The third kappa shape index (κ3) is 2.80. The molecule has 16 heavy (non-hydrogen) atoms. The summed E-state index contributed by atoms with van der Waals surface area (Å²) >= 11 is 1.32. The summed E-state index contributed by atoms with van der Waals surface area (Å²) in [5.41, 5.74) is 6.14. The number of carbonyl (C=O) groups excluding carboxylic acids is 1. The molecule has 0 atom stereocenters. The van der Waals surface area contributed by atoms with Crippen molar-refractivity contribution in [1.29, 1.82) is 0 Å². The highest BCUT2D eigenvalue weighted by molar-refractivity contribution is 7.13. The number of hydrogen-bond donors (Lipinski definition) is 2. The van der Waals surface area contributed by atoms with E-state index in [2.05, 4.69) is 15.5 Å². The number of aromatic nitrogens is 2. The van der Waals surface area contributed by atoms with E-state index in [-0.39, 0.29) is 12.3 Å². The highest BCUT2D eigenvalue weighted by Gasteiger charge is 2.07. The summed E-state index contributed by atoms with van der Waals surface area (Å²) < 4.78 is 4.84. The summed E-state index contributed by atoms with van der Waals surface area (Å²) in [6.07, 6.45) is 1.75. The third-order valence-electron chi connectivity index (χ3n) is 1.86. The van der Waals surface area contributed by atoms with Crippen LogP contribution in [0.5, 0.6) is 0 Å². The number of anilines is 1. The van der Waals surface area contributed by atoms with Gasteiger partial charge in [0.1, 0.15) is 0 Å². The summed E-state index contributed by atoms with van der Waals surface area (Å²) in [4.78, 5) is 15.5. The molecular formula is C9H10N4O2S. The first-order valence-corrected chi connectivity index (χ1v) is 5.48. The standard InChI is InChI=1S/C9H10N4O2S/c10-9-13-6(5-16-9)3-8(14)11-4-7-1-2-12-15-7/h1-2,5H,3-4H2,(H2,10,13)(H,11,14). The fourth-order valence-corrected chi connectivity index (χ4v) is 1.71. The van der Waals surface area contributed by atoms with Gasteiger partial charge >= 0.3 is 0 Å². The molecule has 0 spiro atoms. The number of nitrogens with two attached hydrogens (primary N) is 1. The van der Waals surface area contributed by atoms with Crippen LogP contribution in [0.25, 0.3) is 0 Å². The molecule has 2 aromatic heterocycles. The number of nitrogen functional groups attached to an aromatic ring is 1. The molecule has 0 unspecified atom stereocenters. The van der Waals surface area contributed by atoms with Gasteiger partial charge in [0.05, 0.1) is 24.9 Å². The predicted molar refractivity (Wildman–Crippen MR) is 58.6 cm³/mol. The summed E-state index contributed by atoms with van der Waals surface area (Å²) in [5, 5.41) is 8.47. The molecule has 0 aliphatic rings. The Labute approximate surface area is 95.5 Å². The minimum Gasteiger partial charge on any atom is -0.375 e. The zero-order valence-corrected chi connectivity index (χ0v) is 9.16. The van der Waals surface area contributed by atoms with Crippen LogP contribution in [-0.4, -0.2) is 16.0 Å². The molecule has 0 saturated heterocycles. The van der Waals surface area contributed by atoms with Crippen LogP contribution in [0, 0.1) is 0 Å². The Morgan fingerprint density at radius 3 is 3.12 bits per heavy atom. The molecule has 3 N–H and O–H groups in total. The maximum atomic E-state index is 11.5. The van der Waals surface area contributed by atoms with Crippen LogP contribution in [0.1, 0.15) is 11.5 Å². The lowest BCUT2D eigenvalue weighted by Gasteiger charge is -2.00. The molecule has 7 heteroatoms.